The third-order valence-corrected chi connectivity index (χ3v) is 3.36. The van der Waals surface area contributed by atoms with Crippen molar-refractivity contribution in [3.8, 4) is 11.5 Å². The molecular weight excluding hydrogens is 333 g/mol. The van der Waals surface area contributed by atoms with E-state index in [0.717, 1.165) is 0 Å². The molecule has 0 aliphatic heterocycles. The van der Waals surface area contributed by atoms with Gasteiger partial charge in [-0.15, -0.1) is 0 Å². The lowest BCUT2D eigenvalue weighted by atomic mass is 10.2. The second-order valence-electron chi connectivity index (χ2n) is 4.79. The summed E-state index contributed by atoms with van der Waals surface area (Å²) in [6, 6.07) is 12.0. The molecule has 0 atom stereocenters. The lowest BCUT2D eigenvalue weighted by Crippen LogP contribution is -2.12. The number of rotatable bonds is 4. The summed E-state index contributed by atoms with van der Waals surface area (Å²) in [7, 11) is 0. The first kappa shape index (κ1) is 15.9. The van der Waals surface area contributed by atoms with Crippen LogP contribution in [0.4, 0.5) is 10.1 Å². The Morgan fingerprint density at radius 3 is 2.71 bits per heavy atom. The van der Waals surface area contributed by atoms with Gasteiger partial charge >= 0.3 is 0 Å². The number of benzene rings is 2. The van der Waals surface area contributed by atoms with E-state index in [9.17, 15) is 9.18 Å². The van der Waals surface area contributed by atoms with Crippen LogP contribution in [0.3, 0.4) is 0 Å². The van der Waals surface area contributed by atoms with Gasteiger partial charge in [-0.2, -0.15) is 10.2 Å². The number of nitrogens with one attached hydrogen (secondary N) is 1. The van der Waals surface area contributed by atoms with Crippen molar-refractivity contribution in [2.45, 2.75) is 0 Å². The molecule has 3 rings (SSSR count). The van der Waals surface area contributed by atoms with Gasteiger partial charge in [-0.05, 0) is 36.4 Å². The van der Waals surface area contributed by atoms with E-state index in [1.807, 2.05) is 0 Å². The lowest BCUT2D eigenvalue weighted by Gasteiger charge is -2.10. The zero-order valence-electron chi connectivity index (χ0n) is 12.2. The average molecular weight is 344 g/mol. The number of carbonyl (C=O) groups is 1. The van der Waals surface area contributed by atoms with Gasteiger partial charge in [0.1, 0.15) is 17.3 Å². The molecule has 0 fully saturated rings. The minimum Gasteiger partial charge on any atom is -0.456 e. The summed E-state index contributed by atoms with van der Waals surface area (Å²) < 4.78 is 18.7. The maximum Gasteiger partial charge on any atom is 0.257 e. The number of halogens is 2. The van der Waals surface area contributed by atoms with E-state index in [1.165, 1.54) is 30.6 Å². The van der Waals surface area contributed by atoms with Crippen molar-refractivity contribution >= 4 is 23.2 Å². The van der Waals surface area contributed by atoms with Gasteiger partial charge < -0.3 is 10.1 Å². The highest BCUT2D eigenvalue weighted by Crippen LogP contribution is 2.32. The van der Waals surface area contributed by atoms with Crippen LogP contribution in [0.1, 0.15) is 10.4 Å². The van der Waals surface area contributed by atoms with Gasteiger partial charge in [-0.25, -0.2) is 4.39 Å². The topological polar surface area (TPSA) is 64.1 Å². The number of aromatic nitrogens is 2. The maximum atomic E-state index is 13.2. The third-order valence-electron chi connectivity index (χ3n) is 3.06. The lowest BCUT2D eigenvalue weighted by molar-refractivity contribution is 0.102. The molecule has 2 aromatic carbocycles. The fraction of sp³-hybridized carbons (Fsp3) is 0. The average Bonchev–Trinajstić information content (AvgIpc) is 2.58. The predicted molar refractivity (Wildman–Crippen MR) is 87.9 cm³/mol. The first-order chi connectivity index (χ1) is 11.6. The van der Waals surface area contributed by atoms with Crippen LogP contribution in [0, 0.1) is 5.82 Å². The van der Waals surface area contributed by atoms with Crippen molar-refractivity contribution in [3.63, 3.8) is 0 Å². The molecule has 120 valence electrons. The molecule has 0 aliphatic rings. The van der Waals surface area contributed by atoms with E-state index in [0.29, 0.717) is 22.7 Å². The number of amides is 1. The third kappa shape index (κ3) is 3.85. The van der Waals surface area contributed by atoms with Gasteiger partial charge in [-0.1, -0.05) is 17.7 Å². The summed E-state index contributed by atoms with van der Waals surface area (Å²) in [6.07, 6.45) is 2.79. The van der Waals surface area contributed by atoms with Crippen LogP contribution < -0.4 is 10.1 Å². The minimum absolute atomic E-state index is 0.282. The molecule has 5 nitrogen and oxygen atoms in total. The first-order valence-corrected chi connectivity index (χ1v) is 7.30. The van der Waals surface area contributed by atoms with Crippen molar-refractivity contribution in [1.29, 1.82) is 0 Å². The summed E-state index contributed by atoms with van der Waals surface area (Å²) in [6.45, 7) is 0. The number of carbonyl (C=O) groups excluding carboxylic acids is 1. The SMILES string of the molecule is O=C(Nc1ccc(Oc2cccc(F)c2)c(Cl)c1)c1ccnnc1. The highest BCUT2D eigenvalue weighted by Gasteiger charge is 2.09. The number of anilines is 1. The Balaban J connectivity index is 1.74. The Labute approximate surface area is 142 Å². The molecule has 0 saturated heterocycles. The van der Waals surface area contributed by atoms with Gasteiger partial charge in [-0.3, -0.25) is 4.79 Å². The van der Waals surface area contributed by atoms with E-state index in [2.05, 4.69) is 15.5 Å². The van der Waals surface area contributed by atoms with Crippen LogP contribution in [0.25, 0.3) is 0 Å². The molecular formula is C17H11ClFN3O2. The van der Waals surface area contributed by atoms with E-state index < -0.39 is 5.82 Å². The molecule has 0 saturated carbocycles. The van der Waals surface area contributed by atoms with Gasteiger partial charge in [0.2, 0.25) is 0 Å². The van der Waals surface area contributed by atoms with Crippen molar-refractivity contribution in [1.82, 2.24) is 10.2 Å². The first-order valence-electron chi connectivity index (χ1n) is 6.93. The summed E-state index contributed by atoms with van der Waals surface area (Å²) in [5.74, 6) is -0.0550. The number of ether oxygens (including phenoxy) is 1. The van der Waals surface area contributed by atoms with Crippen LogP contribution in [-0.4, -0.2) is 16.1 Å². The quantitative estimate of drug-likeness (QED) is 0.766. The highest BCUT2D eigenvalue weighted by molar-refractivity contribution is 6.32. The van der Waals surface area contributed by atoms with Crippen LogP contribution in [0.2, 0.25) is 5.02 Å². The van der Waals surface area contributed by atoms with Crippen molar-refractivity contribution < 1.29 is 13.9 Å². The second-order valence-corrected chi connectivity index (χ2v) is 5.20. The summed E-state index contributed by atoms with van der Waals surface area (Å²) in [5, 5.41) is 10.2. The van der Waals surface area contributed by atoms with Crippen LogP contribution in [0.15, 0.2) is 60.9 Å². The fourth-order valence-electron chi connectivity index (χ4n) is 1.95. The van der Waals surface area contributed by atoms with Crippen LogP contribution >= 0.6 is 11.6 Å². The zero-order chi connectivity index (χ0) is 16.9. The zero-order valence-corrected chi connectivity index (χ0v) is 13.0. The standard InChI is InChI=1S/C17H11ClFN3O2/c18-15-9-13(22-17(23)11-6-7-20-21-10-11)4-5-16(15)24-14-3-1-2-12(19)8-14/h1-10H,(H,22,23). The largest absolute Gasteiger partial charge is 0.456 e. The monoisotopic (exact) mass is 343 g/mol. The molecule has 24 heavy (non-hydrogen) atoms. The number of hydrogen-bond donors (Lipinski definition) is 1. The van der Waals surface area contributed by atoms with Gasteiger partial charge in [0.15, 0.2) is 0 Å². The van der Waals surface area contributed by atoms with E-state index >= 15 is 0 Å². The Bertz CT molecular complexity index is 875. The Kier molecular flexibility index (Phi) is 4.67. The van der Waals surface area contributed by atoms with Crippen molar-refractivity contribution in [2.75, 3.05) is 5.32 Å². The van der Waals surface area contributed by atoms with Crippen molar-refractivity contribution in [2.24, 2.45) is 0 Å². The normalized spacial score (nSPS) is 10.2. The van der Waals surface area contributed by atoms with E-state index in [-0.39, 0.29) is 10.9 Å². The van der Waals surface area contributed by atoms with E-state index in [1.54, 1.807) is 30.3 Å². The smallest absolute Gasteiger partial charge is 0.257 e. The van der Waals surface area contributed by atoms with E-state index in [4.69, 9.17) is 16.3 Å². The van der Waals surface area contributed by atoms with Crippen LogP contribution in [-0.2, 0) is 0 Å². The Hall–Kier alpha value is -2.99. The highest BCUT2D eigenvalue weighted by atomic mass is 35.5. The summed E-state index contributed by atoms with van der Waals surface area (Å²) in [5.41, 5.74) is 0.870. The molecule has 0 spiro atoms. The molecule has 1 aromatic heterocycles. The summed E-state index contributed by atoms with van der Waals surface area (Å²) >= 11 is 6.16. The Morgan fingerprint density at radius 2 is 2.00 bits per heavy atom. The Morgan fingerprint density at radius 1 is 1.12 bits per heavy atom. The second kappa shape index (κ2) is 7.06. The van der Waals surface area contributed by atoms with Crippen molar-refractivity contribution in [3.05, 3.63) is 77.3 Å². The molecule has 1 N–H and O–H groups in total. The molecule has 1 amide bonds. The fourth-order valence-corrected chi connectivity index (χ4v) is 2.17. The molecule has 0 radical (unpaired) electrons. The molecule has 7 heteroatoms. The maximum absolute atomic E-state index is 13.2. The predicted octanol–water partition coefficient (Wildman–Crippen LogP) is 4.31. The molecule has 0 unspecified atom stereocenters. The number of hydrogen-bond acceptors (Lipinski definition) is 4. The van der Waals surface area contributed by atoms with Gasteiger partial charge in [0.25, 0.3) is 5.91 Å². The molecule has 0 aliphatic carbocycles. The minimum atomic E-state index is -0.404. The molecule has 0 bridgehead atoms. The number of nitrogens with zero attached hydrogens (tertiary/aromatic N) is 2. The van der Waals surface area contributed by atoms with Gasteiger partial charge in [0.05, 0.1) is 23.0 Å². The van der Waals surface area contributed by atoms with Gasteiger partial charge in [0, 0.05) is 11.8 Å². The van der Waals surface area contributed by atoms with Crippen LogP contribution in [0.5, 0.6) is 11.5 Å². The molecule has 3 aromatic rings. The summed E-state index contributed by atoms with van der Waals surface area (Å²) in [4.78, 5) is 12.0. The molecule has 1 heterocycles.